The Morgan fingerprint density at radius 2 is 1.90 bits per heavy atom. The molecule has 112 valence electrons. The smallest absolute Gasteiger partial charge is 0.251 e. The molecule has 0 radical (unpaired) electrons. The van der Waals surface area contributed by atoms with E-state index in [1.165, 1.54) is 0 Å². The van der Waals surface area contributed by atoms with Crippen molar-refractivity contribution in [1.82, 2.24) is 10.2 Å². The fourth-order valence-corrected chi connectivity index (χ4v) is 2.77. The zero-order valence-electron chi connectivity index (χ0n) is 11.5. The highest BCUT2D eigenvalue weighted by Crippen LogP contribution is 2.44. The van der Waals surface area contributed by atoms with Crippen LogP contribution in [0.4, 0.5) is 0 Å². The third kappa shape index (κ3) is 3.04. The van der Waals surface area contributed by atoms with Crippen LogP contribution in [0, 0.1) is 5.92 Å². The van der Waals surface area contributed by atoms with Gasteiger partial charge < -0.3 is 15.3 Å². The molecule has 1 heterocycles. The molecule has 6 heteroatoms. The maximum atomic E-state index is 11.9. The van der Waals surface area contributed by atoms with E-state index in [1.54, 1.807) is 29.2 Å². The van der Waals surface area contributed by atoms with Crippen LogP contribution in [0.25, 0.3) is 0 Å². The number of carbonyl (C=O) groups is 2. The summed E-state index contributed by atoms with van der Waals surface area (Å²) < 4.78 is 0. The third-order valence-electron chi connectivity index (χ3n) is 4.13. The van der Waals surface area contributed by atoms with Gasteiger partial charge in [-0.1, -0.05) is 11.6 Å². The number of carbonyl (C=O) groups excluding carboxylic acids is 2. The van der Waals surface area contributed by atoms with Gasteiger partial charge in [0.1, 0.15) is 5.60 Å². The van der Waals surface area contributed by atoms with Crippen molar-refractivity contribution in [1.29, 1.82) is 0 Å². The number of likely N-dealkylation sites (tertiary alicyclic amines) is 1. The maximum Gasteiger partial charge on any atom is 0.251 e. The number of rotatable bonds is 4. The number of halogens is 1. The largest absolute Gasteiger partial charge is 0.386 e. The lowest BCUT2D eigenvalue weighted by atomic mass is 9.89. The molecule has 0 unspecified atom stereocenters. The monoisotopic (exact) mass is 308 g/mol. The normalized spacial score (nSPS) is 19.8. The average Bonchev–Trinajstić information content (AvgIpc) is 3.26. The Bertz CT molecular complexity index is 563. The molecule has 3 rings (SSSR count). The summed E-state index contributed by atoms with van der Waals surface area (Å²) in [5.41, 5.74) is -0.221. The van der Waals surface area contributed by atoms with Crippen molar-refractivity contribution < 1.29 is 14.7 Å². The van der Waals surface area contributed by atoms with Crippen molar-refractivity contribution in [2.45, 2.75) is 18.4 Å². The summed E-state index contributed by atoms with van der Waals surface area (Å²) >= 11 is 5.75. The Morgan fingerprint density at radius 1 is 1.29 bits per heavy atom. The van der Waals surface area contributed by atoms with Crippen molar-refractivity contribution in [3.63, 3.8) is 0 Å². The summed E-state index contributed by atoms with van der Waals surface area (Å²) in [6, 6.07) is 6.47. The van der Waals surface area contributed by atoms with E-state index in [0.29, 0.717) is 29.6 Å². The predicted molar refractivity (Wildman–Crippen MR) is 78.0 cm³/mol. The molecule has 21 heavy (non-hydrogen) atoms. The molecule has 1 aliphatic heterocycles. The highest BCUT2D eigenvalue weighted by Gasteiger charge is 2.53. The van der Waals surface area contributed by atoms with Gasteiger partial charge >= 0.3 is 0 Å². The number of nitrogens with one attached hydrogen (secondary N) is 1. The van der Waals surface area contributed by atoms with E-state index in [2.05, 4.69) is 5.32 Å². The highest BCUT2D eigenvalue weighted by molar-refractivity contribution is 6.30. The minimum absolute atomic E-state index is 0.0534. The predicted octanol–water partition coefficient (Wildman–Crippen LogP) is 1.05. The minimum Gasteiger partial charge on any atom is -0.386 e. The Kier molecular flexibility index (Phi) is 3.63. The van der Waals surface area contributed by atoms with E-state index in [9.17, 15) is 14.7 Å². The van der Waals surface area contributed by atoms with Crippen molar-refractivity contribution in [2.24, 2.45) is 5.92 Å². The first-order valence-corrected chi connectivity index (χ1v) is 7.40. The number of amides is 2. The fourth-order valence-electron chi connectivity index (χ4n) is 2.64. The first-order chi connectivity index (χ1) is 9.98. The van der Waals surface area contributed by atoms with Crippen LogP contribution in [0.2, 0.25) is 5.02 Å². The number of hydrogen-bond donors (Lipinski definition) is 2. The number of hydrogen-bond acceptors (Lipinski definition) is 3. The third-order valence-corrected chi connectivity index (χ3v) is 4.38. The Labute approximate surface area is 127 Å². The number of aliphatic hydroxyl groups is 1. The second-order valence-corrected chi connectivity index (χ2v) is 6.25. The van der Waals surface area contributed by atoms with E-state index in [0.717, 1.165) is 12.8 Å². The van der Waals surface area contributed by atoms with Crippen LogP contribution in [-0.2, 0) is 4.79 Å². The van der Waals surface area contributed by atoms with Gasteiger partial charge in [0.15, 0.2) is 0 Å². The zero-order chi connectivity index (χ0) is 15.0. The van der Waals surface area contributed by atoms with Gasteiger partial charge in [0.25, 0.3) is 5.91 Å². The summed E-state index contributed by atoms with van der Waals surface area (Å²) in [5, 5.41) is 13.3. The molecule has 0 aromatic heterocycles. The lowest BCUT2D eigenvalue weighted by Gasteiger charge is -2.47. The van der Waals surface area contributed by atoms with Gasteiger partial charge in [-0.3, -0.25) is 9.59 Å². The van der Waals surface area contributed by atoms with Crippen molar-refractivity contribution in [2.75, 3.05) is 19.6 Å². The number of nitrogens with zero attached hydrogens (tertiary/aromatic N) is 1. The summed E-state index contributed by atoms with van der Waals surface area (Å²) in [6.07, 6.45) is 2.09. The molecule has 2 aliphatic rings. The molecule has 2 fully saturated rings. The van der Waals surface area contributed by atoms with Gasteiger partial charge in [-0.05, 0) is 43.0 Å². The van der Waals surface area contributed by atoms with Gasteiger partial charge in [0.05, 0.1) is 19.6 Å². The quantitative estimate of drug-likeness (QED) is 0.873. The average molecular weight is 309 g/mol. The molecule has 1 aliphatic carbocycles. The fraction of sp³-hybridized carbons (Fsp3) is 0.467. The van der Waals surface area contributed by atoms with Crippen LogP contribution >= 0.6 is 11.6 Å². The first-order valence-electron chi connectivity index (χ1n) is 7.02. The topological polar surface area (TPSA) is 69.6 Å². The zero-order valence-corrected chi connectivity index (χ0v) is 12.3. The van der Waals surface area contributed by atoms with Crippen LogP contribution in [0.3, 0.4) is 0 Å². The molecule has 0 atom stereocenters. The number of benzene rings is 1. The van der Waals surface area contributed by atoms with E-state index >= 15 is 0 Å². The van der Waals surface area contributed by atoms with Gasteiger partial charge in [-0.25, -0.2) is 0 Å². The van der Waals surface area contributed by atoms with Crippen LogP contribution in [0.5, 0.6) is 0 Å². The Morgan fingerprint density at radius 3 is 2.48 bits per heavy atom. The van der Waals surface area contributed by atoms with Gasteiger partial charge in [-0.15, -0.1) is 0 Å². The van der Waals surface area contributed by atoms with Crippen LogP contribution in [-0.4, -0.2) is 47.1 Å². The van der Waals surface area contributed by atoms with Crippen molar-refractivity contribution >= 4 is 23.4 Å². The SMILES string of the molecule is O=C(NCC(=O)N1CC(O)(C2CC2)C1)c1ccc(Cl)cc1. The van der Waals surface area contributed by atoms with E-state index in [-0.39, 0.29) is 18.4 Å². The van der Waals surface area contributed by atoms with Gasteiger partial charge in [0.2, 0.25) is 5.91 Å². The second kappa shape index (κ2) is 5.31. The van der Waals surface area contributed by atoms with Gasteiger partial charge in [-0.2, -0.15) is 0 Å². The molecule has 1 aromatic rings. The molecule has 2 amide bonds. The van der Waals surface area contributed by atoms with E-state index in [1.807, 2.05) is 0 Å². The molecule has 1 aromatic carbocycles. The minimum atomic E-state index is -0.685. The van der Waals surface area contributed by atoms with Crippen LogP contribution < -0.4 is 5.32 Å². The molecular weight excluding hydrogens is 292 g/mol. The Balaban J connectivity index is 1.46. The van der Waals surface area contributed by atoms with Crippen molar-refractivity contribution in [3.8, 4) is 0 Å². The van der Waals surface area contributed by atoms with Crippen molar-refractivity contribution in [3.05, 3.63) is 34.9 Å². The maximum absolute atomic E-state index is 11.9. The lowest BCUT2D eigenvalue weighted by Crippen LogP contribution is -2.65. The summed E-state index contributed by atoms with van der Waals surface area (Å²) in [6.45, 7) is 0.711. The van der Waals surface area contributed by atoms with Gasteiger partial charge in [0, 0.05) is 10.6 Å². The summed E-state index contributed by atoms with van der Waals surface area (Å²) in [4.78, 5) is 25.4. The van der Waals surface area contributed by atoms with E-state index < -0.39 is 5.60 Å². The number of β-amino-alcohol motifs (C(OH)–C–C–N with tert-alkyl or cyclic N) is 1. The molecule has 1 saturated carbocycles. The molecular formula is C15H17ClN2O3. The van der Waals surface area contributed by atoms with Crippen LogP contribution in [0.15, 0.2) is 24.3 Å². The molecule has 0 spiro atoms. The first kappa shape index (κ1) is 14.4. The molecule has 1 saturated heterocycles. The van der Waals surface area contributed by atoms with Crippen LogP contribution in [0.1, 0.15) is 23.2 Å². The molecule has 0 bridgehead atoms. The molecule has 2 N–H and O–H groups in total. The summed E-state index contributed by atoms with van der Waals surface area (Å²) in [7, 11) is 0. The molecule has 5 nitrogen and oxygen atoms in total. The second-order valence-electron chi connectivity index (χ2n) is 5.82. The standard InChI is InChI=1S/C15H17ClN2O3/c16-12-5-1-10(2-6-12)14(20)17-7-13(19)18-8-15(21,9-18)11-3-4-11/h1-2,5-6,11,21H,3-4,7-9H2,(H,17,20). The Hall–Kier alpha value is -1.59. The highest BCUT2D eigenvalue weighted by atomic mass is 35.5. The summed E-state index contributed by atoms with van der Waals surface area (Å²) in [5.74, 6) is -0.120. The van der Waals surface area contributed by atoms with E-state index in [4.69, 9.17) is 11.6 Å². The lowest BCUT2D eigenvalue weighted by molar-refractivity contribution is -0.158.